The molecule has 8 nitrogen and oxygen atoms in total. The fourth-order valence-electron chi connectivity index (χ4n) is 2.78. The Bertz CT molecular complexity index is 707. The summed E-state index contributed by atoms with van der Waals surface area (Å²) in [5.41, 5.74) is 0.718. The van der Waals surface area contributed by atoms with E-state index in [1.165, 1.54) is 4.90 Å². The van der Waals surface area contributed by atoms with Gasteiger partial charge in [0.2, 0.25) is 11.8 Å². The molecule has 1 atom stereocenters. The number of amides is 2. The summed E-state index contributed by atoms with van der Waals surface area (Å²) in [7, 11) is 0. The Hall–Kier alpha value is -3.03. The summed E-state index contributed by atoms with van der Waals surface area (Å²) < 4.78 is 10.5. The first-order chi connectivity index (χ1) is 13.5. The van der Waals surface area contributed by atoms with Gasteiger partial charge in [0, 0.05) is 24.8 Å². The number of carbonyl (C=O) groups excluding carboxylic acids is 3. The number of carbonyl (C=O) groups is 3. The topological polar surface area (TPSA) is 97.0 Å². The summed E-state index contributed by atoms with van der Waals surface area (Å²) >= 11 is 0. The Morgan fingerprint density at radius 2 is 2.25 bits per heavy atom. The fourth-order valence-corrected chi connectivity index (χ4v) is 2.78. The van der Waals surface area contributed by atoms with E-state index in [4.69, 9.17) is 9.47 Å². The van der Waals surface area contributed by atoms with Gasteiger partial charge in [-0.2, -0.15) is 0 Å². The molecule has 1 aromatic rings. The molecule has 0 aromatic heterocycles. The van der Waals surface area contributed by atoms with Gasteiger partial charge in [0.05, 0.1) is 19.6 Å². The third-order valence-electron chi connectivity index (χ3n) is 4.12. The van der Waals surface area contributed by atoms with Crippen LogP contribution in [0.2, 0.25) is 0 Å². The highest BCUT2D eigenvalue weighted by molar-refractivity contribution is 5.93. The van der Waals surface area contributed by atoms with E-state index in [-0.39, 0.29) is 24.8 Å². The van der Waals surface area contributed by atoms with E-state index >= 15 is 0 Å². The first kappa shape index (κ1) is 21.3. The van der Waals surface area contributed by atoms with Gasteiger partial charge in [0.15, 0.2) is 0 Å². The zero-order valence-corrected chi connectivity index (χ0v) is 16.1. The van der Waals surface area contributed by atoms with Crippen molar-refractivity contribution in [2.75, 3.05) is 38.2 Å². The molecule has 2 N–H and O–H groups in total. The van der Waals surface area contributed by atoms with Crippen molar-refractivity contribution in [3.05, 3.63) is 36.9 Å². The maximum absolute atomic E-state index is 12.7. The molecule has 2 rings (SSSR count). The Balaban J connectivity index is 1.95. The molecule has 0 aliphatic carbocycles. The highest BCUT2D eigenvalue weighted by Crippen LogP contribution is 2.18. The Morgan fingerprint density at radius 3 is 3.00 bits per heavy atom. The zero-order chi connectivity index (χ0) is 20.4. The molecule has 1 saturated heterocycles. The average molecular weight is 389 g/mol. The van der Waals surface area contributed by atoms with Gasteiger partial charge in [-0.1, -0.05) is 25.6 Å². The van der Waals surface area contributed by atoms with Gasteiger partial charge < -0.3 is 25.0 Å². The highest BCUT2D eigenvalue weighted by Gasteiger charge is 2.34. The quantitative estimate of drug-likeness (QED) is 0.463. The summed E-state index contributed by atoms with van der Waals surface area (Å²) in [6.07, 6.45) is 2.20. The van der Waals surface area contributed by atoms with Crippen molar-refractivity contribution in [3.8, 4) is 5.75 Å². The normalized spacial score (nSPS) is 16.1. The predicted octanol–water partition coefficient (Wildman–Crippen LogP) is 1.33. The van der Waals surface area contributed by atoms with Gasteiger partial charge in [-0.05, 0) is 18.6 Å². The Kier molecular flexibility index (Phi) is 8.33. The lowest BCUT2D eigenvalue weighted by atomic mass is 10.1. The molecule has 2 amide bonds. The molecule has 152 valence electrons. The molecule has 0 radical (unpaired) electrons. The van der Waals surface area contributed by atoms with E-state index in [0.717, 1.165) is 5.69 Å². The molecular weight excluding hydrogens is 362 g/mol. The van der Waals surface area contributed by atoms with Crippen molar-refractivity contribution in [2.45, 2.75) is 25.8 Å². The lowest BCUT2D eigenvalue weighted by Gasteiger charge is -2.34. The number of nitrogens with zero attached hydrogens (tertiary/aromatic N) is 1. The second kappa shape index (κ2) is 11.0. The van der Waals surface area contributed by atoms with E-state index in [1.807, 2.05) is 25.1 Å². The van der Waals surface area contributed by atoms with Crippen LogP contribution in [0.1, 0.15) is 19.8 Å². The minimum atomic E-state index is -0.852. The smallest absolute Gasteiger partial charge is 0.308 e. The van der Waals surface area contributed by atoms with Gasteiger partial charge in [-0.25, -0.2) is 0 Å². The molecule has 1 unspecified atom stereocenters. The van der Waals surface area contributed by atoms with Crippen LogP contribution in [-0.2, 0) is 19.1 Å². The van der Waals surface area contributed by atoms with Gasteiger partial charge in [-0.3, -0.25) is 14.4 Å². The number of hydrogen-bond donors (Lipinski definition) is 2. The van der Waals surface area contributed by atoms with Gasteiger partial charge >= 0.3 is 5.97 Å². The summed E-state index contributed by atoms with van der Waals surface area (Å²) in [4.78, 5) is 38.2. The molecule has 1 heterocycles. The minimum absolute atomic E-state index is 0.00129. The Labute approximate surface area is 164 Å². The summed E-state index contributed by atoms with van der Waals surface area (Å²) in [6.45, 7) is 6.88. The fraction of sp³-hybridized carbons (Fsp3) is 0.450. The van der Waals surface area contributed by atoms with Crippen LogP contribution < -0.4 is 15.4 Å². The largest absolute Gasteiger partial charge is 0.489 e. The minimum Gasteiger partial charge on any atom is -0.489 e. The molecule has 0 bridgehead atoms. The van der Waals surface area contributed by atoms with Crippen molar-refractivity contribution < 1.29 is 23.9 Å². The van der Waals surface area contributed by atoms with Crippen LogP contribution in [0.3, 0.4) is 0 Å². The zero-order valence-electron chi connectivity index (χ0n) is 16.1. The first-order valence-corrected chi connectivity index (χ1v) is 9.35. The second-order valence-corrected chi connectivity index (χ2v) is 6.30. The summed E-state index contributed by atoms with van der Waals surface area (Å²) in [5, 5.41) is 5.73. The van der Waals surface area contributed by atoms with Crippen LogP contribution in [0, 0.1) is 0 Å². The van der Waals surface area contributed by atoms with Crippen LogP contribution in [0.15, 0.2) is 36.9 Å². The van der Waals surface area contributed by atoms with E-state index in [1.54, 1.807) is 12.1 Å². The molecule has 8 heteroatoms. The average Bonchev–Trinajstić information content (AvgIpc) is 2.70. The van der Waals surface area contributed by atoms with Gasteiger partial charge in [0.1, 0.15) is 18.4 Å². The lowest BCUT2D eigenvalue weighted by molar-refractivity contribution is -0.151. The van der Waals surface area contributed by atoms with Crippen molar-refractivity contribution in [2.24, 2.45) is 0 Å². The molecule has 1 aliphatic rings. The number of hydrogen-bond acceptors (Lipinski definition) is 6. The summed E-state index contributed by atoms with van der Waals surface area (Å²) in [5.74, 6) is -0.429. The molecule has 28 heavy (non-hydrogen) atoms. The first-order valence-electron chi connectivity index (χ1n) is 9.35. The number of piperazine rings is 1. The molecule has 0 spiro atoms. The molecule has 0 saturated carbocycles. The summed E-state index contributed by atoms with van der Waals surface area (Å²) in [6, 6.07) is 6.36. The number of benzene rings is 1. The molecule has 1 aliphatic heterocycles. The maximum Gasteiger partial charge on any atom is 0.308 e. The van der Waals surface area contributed by atoms with Crippen LogP contribution in [0.25, 0.3) is 0 Å². The standard InChI is InChI=1S/C20H27N3O5/c1-3-10-27-16-7-5-6-15(12-16)22-14-18(24)23-9-8-21-20(26)17(23)13-19(25)28-11-4-2/h3,5-7,12,17,22H,1,4,8-11,13-14H2,2H3,(H,21,26). The maximum atomic E-state index is 12.7. The third-order valence-corrected chi connectivity index (χ3v) is 4.12. The molecular formula is C20H27N3O5. The number of esters is 1. The van der Waals surface area contributed by atoms with Crippen LogP contribution in [0.4, 0.5) is 5.69 Å². The number of ether oxygens (including phenoxy) is 2. The van der Waals surface area contributed by atoms with Gasteiger partial charge in [0.25, 0.3) is 0 Å². The monoisotopic (exact) mass is 389 g/mol. The van der Waals surface area contributed by atoms with Crippen LogP contribution >= 0.6 is 0 Å². The van der Waals surface area contributed by atoms with Crippen molar-refractivity contribution in [1.82, 2.24) is 10.2 Å². The van der Waals surface area contributed by atoms with E-state index in [9.17, 15) is 14.4 Å². The lowest BCUT2D eigenvalue weighted by Crippen LogP contribution is -2.58. The van der Waals surface area contributed by atoms with E-state index < -0.39 is 12.0 Å². The third kappa shape index (κ3) is 6.29. The predicted molar refractivity (Wildman–Crippen MR) is 105 cm³/mol. The van der Waals surface area contributed by atoms with Crippen molar-refractivity contribution >= 4 is 23.5 Å². The SMILES string of the molecule is C=CCOc1cccc(NCC(=O)N2CCNC(=O)C2CC(=O)OCCC)c1. The van der Waals surface area contributed by atoms with E-state index in [2.05, 4.69) is 17.2 Å². The van der Waals surface area contributed by atoms with Crippen LogP contribution in [0.5, 0.6) is 5.75 Å². The highest BCUT2D eigenvalue weighted by atomic mass is 16.5. The molecule has 1 aromatic carbocycles. The van der Waals surface area contributed by atoms with Crippen molar-refractivity contribution in [3.63, 3.8) is 0 Å². The number of anilines is 1. The number of nitrogens with one attached hydrogen (secondary N) is 2. The van der Waals surface area contributed by atoms with Crippen LogP contribution in [-0.4, -0.2) is 61.6 Å². The van der Waals surface area contributed by atoms with Crippen molar-refractivity contribution in [1.29, 1.82) is 0 Å². The van der Waals surface area contributed by atoms with E-state index in [0.29, 0.717) is 38.5 Å². The Morgan fingerprint density at radius 1 is 1.43 bits per heavy atom. The second-order valence-electron chi connectivity index (χ2n) is 6.30. The molecule has 1 fully saturated rings. The number of rotatable bonds is 10. The van der Waals surface area contributed by atoms with Gasteiger partial charge in [-0.15, -0.1) is 0 Å².